The summed E-state index contributed by atoms with van der Waals surface area (Å²) in [6.45, 7) is 5.06. The molecule has 1 heterocycles. The van der Waals surface area contributed by atoms with E-state index in [0.29, 0.717) is 5.91 Å². The van der Waals surface area contributed by atoms with E-state index in [4.69, 9.17) is 0 Å². The molecule has 0 radical (unpaired) electrons. The summed E-state index contributed by atoms with van der Waals surface area (Å²) < 4.78 is 0. The number of para-hydroxylation sites is 1. The summed E-state index contributed by atoms with van der Waals surface area (Å²) in [5, 5.41) is 0. The number of hydrogen-bond donors (Lipinski definition) is 0. The Hall–Kier alpha value is -1.31. The largest absolute Gasteiger partial charge is 0.312 e. The Labute approximate surface area is 104 Å². The molecule has 0 fully saturated rings. The normalized spacial score (nSPS) is 16.5. The maximum atomic E-state index is 12.4. The molecule has 17 heavy (non-hydrogen) atoms. The van der Waals surface area contributed by atoms with Gasteiger partial charge in [-0.1, -0.05) is 38.5 Å². The average molecular weight is 231 g/mol. The molecule has 92 valence electrons. The third-order valence-electron chi connectivity index (χ3n) is 3.52. The Morgan fingerprint density at radius 1 is 1.41 bits per heavy atom. The fraction of sp³-hybridized carbons (Fsp3) is 0.533. The lowest BCUT2D eigenvalue weighted by atomic mass is 9.98. The number of aryl methyl sites for hydroxylation is 1. The number of carbonyl (C=O) groups excluding carboxylic acids is 1. The van der Waals surface area contributed by atoms with Crippen LogP contribution in [0.4, 0.5) is 5.69 Å². The molecule has 0 saturated carbocycles. The van der Waals surface area contributed by atoms with Gasteiger partial charge < -0.3 is 4.90 Å². The van der Waals surface area contributed by atoms with Gasteiger partial charge in [0, 0.05) is 18.2 Å². The third-order valence-corrected chi connectivity index (χ3v) is 3.52. The highest BCUT2D eigenvalue weighted by molar-refractivity contribution is 5.95. The predicted molar refractivity (Wildman–Crippen MR) is 71.2 cm³/mol. The van der Waals surface area contributed by atoms with Crippen LogP contribution in [0.15, 0.2) is 24.3 Å². The molecule has 0 bridgehead atoms. The number of carbonyl (C=O) groups is 1. The first kappa shape index (κ1) is 12.2. The number of benzene rings is 1. The molecule has 1 aliphatic heterocycles. The van der Waals surface area contributed by atoms with Crippen molar-refractivity contribution in [1.29, 1.82) is 0 Å². The molecule has 2 heteroatoms. The molecule has 0 saturated heterocycles. The molecule has 0 aromatic heterocycles. The van der Waals surface area contributed by atoms with E-state index in [0.717, 1.165) is 37.9 Å². The minimum absolute atomic E-state index is 0.145. The van der Waals surface area contributed by atoms with Crippen molar-refractivity contribution in [2.75, 3.05) is 11.4 Å². The molecule has 0 spiro atoms. The van der Waals surface area contributed by atoms with Crippen LogP contribution in [0.1, 0.15) is 38.7 Å². The van der Waals surface area contributed by atoms with Crippen LogP contribution in [0.3, 0.4) is 0 Å². The second-order valence-corrected chi connectivity index (χ2v) is 4.91. The van der Waals surface area contributed by atoms with Gasteiger partial charge in [0.05, 0.1) is 0 Å². The van der Waals surface area contributed by atoms with Crippen LogP contribution in [0.5, 0.6) is 0 Å². The van der Waals surface area contributed by atoms with Crippen molar-refractivity contribution >= 4 is 11.6 Å². The van der Waals surface area contributed by atoms with Crippen LogP contribution in [0, 0.1) is 5.92 Å². The van der Waals surface area contributed by atoms with E-state index in [2.05, 4.69) is 25.1 Å². The number of nitrogens with zero attached hydrogens (tertiary/aromatic N) is 1. The Morgan fingerprint density at radius 3 is 2.94 bits per heavy atom. The molecule has 1 unspecified atom stereocenters. The standard InChI is InChI=1S/C15H21NO/c1-3-7-12(2)15(17)16-11-6-9-13-8-4-5-10-14(13)16/h4-5,8,10,12H,3,6-7,9,11H2,1-2H3. The second kappa shape index (κ2) is 5.35. The van der Waals surface area contributed by atoms with Crippen LogP contribution < -0.4 is 4.90 Å². The number of amides is 1. The molecule has 2 nitrogen and oxygen atoms in total. The highest BCUT2D eigenvalue weighted by atomic mass is 16.2. The lowest BCUT2D eigenvalue weighted by Crippen LogP contribution is -2.38. The summed E-state index contributed by atoms with van der Waals surface area (Å²) >= 11 is 0. The SMILES string of the molecule is CCCC(C)C(=O)N1CCCc2ccccc21. The summed E-state index contributed by atoms with van der Waals surface area (Å²) in [5.74, 6) is 0.435. The van der Waals surface area contributed by atoms with Gasteiger partial charge in [0.1, 0.15) is 0 Å². The average Bonchev–Trinajstić information content (AvgIpc) is 2.37. The second-order valence-electron chi connectivity index (χ2n) is 4.91. The van der Waals surface area contributed by atoms with Crippen molar-refractivity contribution in [2.24, 2.45) is 5.92 Å². The van der Waals surface area contributed by atoms with Gasteiger partial charge in [0.15, 0.2) is 0 Å². The maximum absolute atomic E-state index is 12.4. The third kappa shape index (κ3) is 2.51. The summed E-state index contributed by atoms with van der Waals surface area (Å²) in [6.07, 6.45) is 4.24. The highest BCUT2D eigenvalue weighted by Gasteiger charge is 2.25. The van der Waals surface area contributed by atoms with Crippen molar-refractivity contribution < 1.29 is 4.79 Å². The van der Waals surface area contributed by atoms with Gasteiger partial charge in [-0.25, -0.2) is 0 Å². The molecule has 1 amide bonds. The molecule has 1 atom stereocenters. The van der Waals surface area contributed by atoms with E-state index >= 15 is 0 Å². The number of fused-ring (bicyclic) bond motifs is 1. The van der Waals surface area contributed by atoms with Crippen molar-refractivity contribution in [1.82, 2.24) is 0 Å². The first-order valence-electron chi connectivity index (χ1n) is 6.63. The topological polar surface area (TPSA) is 20.3 Å². The minimum atomic E-state index is 0.145. The highest BCUT2D eigenvalue weighted by Crippen LogP contribution is 2.28. The Balaban J connectivity index is 2.20. The smallest absolute Gasteiger partial charge is 0.229 e. The fourth-order valence-electron chi connectivity index (χ4n) is 2.59. The van der Waals surface area contributed by atoms with E-state index in [1.807, 2.05) is 17.9 Å². The van der Waals surface area contributed by atoms with Crippen molar-refractivity contribution in [3.63, 3.8) is 0 Å². The Bertz CT molecular complexity index is 400. The van der Waals surface area contributed by atoms with Crippen molar-refractivity contribution in [3.8, 4) is 0 Å². The van der Waals surface area contributed by atoms with E-state index in [1.54, 1.807) is 0 Å². The van der Waals surface area contributed by atoms with E-state index in [-0.39, 0.29) is 5.92 Å². The van der Waals surface area contributed by atoms with Gasteiger partial charge in [-0.05, 0) is 30.9 Å². The molecule has 1 aliphatic rings. The number of rotatable bonds is 3. The fourth-order valence-corrected chi connectivity index (χ4v) is 2.59. The van der Waals surface area contributed by atoms with Crippen molar-refractivity contribution in [3.05, 3.63) is 29.8 Å². The van der Waals surface area contributed by atoms with Gasteiger partial charge in [0.2, 0.25) is 5.91 Å². The minimum Gasteiger partial charge on any atom is -0.312 e. The van der Waals surface area contributed by atoms with Gasteiger partial charge >= 0.3 is 0 Å². The molecule has 2 rings (SSSR count). The summed E-state index contributed by atoms with van der Waals surface area (Å²) in [5.41, 5.74) is 2.45. The number of anilines is 1. The van der Waals surface area contributed by atoms with Gasteiger partial charge in [-0.15, -0.1) is 0 Å². The Kier molecular flexibility index (Phi) is 3.82. The van der Waals surface area contributed by atoms with E-state index < -0.39 is 0 Å². The summed E-state index contributed by atoms with van der Waals surface area (Å²) in [6, 6.07) is 8.29. The zero-order chi connectivity index (χ0) is 12.3. The molecule has 0 aliphatic carbocycles. The maximum Gasteiger partial charge on any atom is 0.229 e. The molecule has 1 aromatic rings. The predicted octanol–water partition coefficient (Wildman–Crippen LogP) is 3.40. The monoisotopic (exact) mass is 231 g/mol. The van der Waals surface area contributed by atoms with Gasteiger partial charge in [-0.2, -0.15) is 0 Å². The lowest BCUT2D eigenvalue weighted by Gasteiger charge is -2.31. The zero-order valence-electron chi connectivity index (χ0n) is 10.8. The zero-order valence-corrected chi connectivity index (χ0v) is 10.8. The molecular formula is C15H21NO. The molecule has 0 N–H and O–H groups in total. The van der Waals surface area contributed by atoms with Crippen molar-refractivity contribution in [2.45, 2.75) is 39.5 Å². The molecular weight excluding hydrogens is 210 g/mol. The van der Waals surface area contributed by atoms with Crippen LogP contribution >= 0.6 is 0 Å². The van der Waals surface area contributed by atoms with Crippen LogP contribution in [-0.4, -0.2) is 12.5 Å². The quantitative estimate of drug-likeness (QED) is 0.780. The first-order chi connectivity index (χ1) is 8.24. The van der Waals surface area contributed by atoms with E-state index in [9.17, 15) is 4.79 Å². The van der Waals surface area contributed by atoms with Crippen LogP contribution in [0.2, 0.25) is 0 Å². The van der Waals surface area contributed by atoms with E-state index in [1.165, 1.54) is 5.56 Å². The van der Waals surface area contributed by atoms with Gasteiger partial charge in [-0.3, -0.25) is 4.79 Å². The Morgan fingerprint density at radius 2 is 2.18 bits per heavy atom. The summed E-state index contributed by atoms with van der Waals surface area (Å²) in [7, 11) is 0. The van der Waals surface area contributed by atoms with Crippen LogP contribution in [-0.2, 0) is 11.2 Å². The first-order valence-corrected chi connectivity index (χ1v) is 6.63. The lowest BCUT2D eigenvalue weighted by molar-refractivity contribution is -0.122. The van der Waals surface area contributed by atoms with Crippen LogP contribution in [0.25, 0.3) is 0 Å². The molecule has 1 aromatic carbocycles. The number of hydrogen-bond acceptors (Lipinski definition) is 1. The summed E-state index contributed by atoms with van der Waals surface area (Å²) in [4.78, 5) is 14.4. The van der Waals surface area contributed by atoms with Gasteiger partial charge in [0.25, 0.3) is 0 Å².